The molecule has 2 aromatic rings. The summed E-state index contributed by atoms with van der Waals surface area (Å²) in [5.74, 6) is 0.429. The van der Waals surface area contributed by atoms with E-state index in [0.29, 0.717) is 23.7 Å². The number of H-pyrrole nitrogens is 1. The Labute approximate surface area is 156 Å². The highest BCUT2D eigenvalue weighted by atomic mass is 16.5. The van der Waals surface area contributed by atoms with Gasteiger partial charge in [-0.05, 0) is 26.2 Å². The van der Waals surface area contributed by atoms with E-state index in [1.54, 1.807) is 12.1 Å². The first-order chi connectivity index (χ1) is 12.4. The smallest absolute Gasteiger partial charge is 0.221 e. The zero-order valence-electron chi connectivity index (χ0n) is 17.3. The summed E-state index contributed by atoms with van der Waals surface area (Å²) in [5, 5.41) is 3.60. The monoisotopic (exact) mass is 363 g/mol. The SMILES string of the molecule is CC.CC.CC(=O)Nc1cc(OCCN(C)C)cc2cc(C(C)=O)[nH]c12. The number of aromatic nitrogens is 1. The van der Waals surface area contributed by atoms with Gasteiger partial charge in [-0.25, -0.2) is 0 Å². The summed E-state index contributed by atoms with van der Waals surface area (Å²) in [4.78, 5) is 28.0. The summed E-state index contributed by atoms with van der Waals surface area (Å²) in [7, 11) is 3.95. The fraction of sp³-hybridized carbons (Fsp3) is 0.500. The molecule has 2 rings (SSSR count). The number of nitrogens with one attached hydrogen (secondary N) is 2. The lowest BCUT2D eigenvalue weighted by atomic mass is 10.2. The number of Topliss-reactive ketones (excluding diaryl/α,β-unsaturated/α-hetero) is 1. The highest BCUT2D eigenvalue weighted by molar-refractivity contribution is 6.05. The minimum absolute atomic E-state index is 0.0555. The van der Waals surface area contributed by atoms with Crippen LogP contribution in [0, 0.1) is 0 Å². The van der Waals surface area contributed by atoms with Crippen LogP contribution in [-0.2, 0) is 4.79 Å². The molecule has 146 valence electrons. The zero-order valence-corrected chi connectivity index (χ0v) is 17.3. The average molecular weight is 364 g/mol. The van der Waals surface area contributed by atoms with Crippen molar-refractivity contribution in [1.82, 2.24) is 9.88 Å². The maximum atomic E-state index is 11.5. The number of anilines is 1. The van der Waals surface area contributed by atoms with Crippen molar-refractivity contribution in [3.8, 4) is 5.75 Å². The fourth-order valence-electron chi connectivity index (χ4n) is 2.12. The molecule has 0 aliphatic carbocycles. The van der Waals surface area contributed by atoms with Gasteiger partial charge in [0.25, 0.3) is 0 Å². The van der Waals surface area contributed by atoms with Crippen LogP contribution in [0.15, 0.2) is 18.2 Å². The molecule has 0 atom stereocenters. The number of benzene rings is 1. The van der Waals surface area contributed by atoms with E-state index < -0.39 is 0 Å². The van der Waals surface area contributed by atoms with Gasteiger partial charge in [-0.15, -0.1) is 0 Å². The summed E-state index contributed by atoms with van der Waals surface area (Å²) in [6, 6.07) is 5.39. The number of ether oxygens (including phenoxy) is 1. The second-order valence-electron chi connectivity index (χ2n) is 5.51. The summed E-state index contributed by atoms with van der Waals surface area (Å²) in [6.07, 6.45) is 0. The summed E-state index contributed by atoms with van der Waals surface area (Å²) < 4.78 is 5.73. The van der Waals surface area contributed by atoms with Gasteiger partial charge in [-0.3, -0.25) is 9.59 Å². The first-order valence-corrected chi connectivity index (χ1v) is 9.09. The number of hydrogen-bond acceptors (Lipinski definition) is 4. The van der Waals surface area contributed by atoms with Crippen molar-refractivity contribution in [2.75, 3.05) is 32.6 Å². The van der Waals surface area contributed by atoms with Crippen molar-refractivity contribution < 1.29 is 14.3 Å². The van der Waals surface area contributed by atoms with E-state index in [-0.39, 0.29) is 11.7 Å². The van der Waals surface area contributed by atoms with Crippen molar-refractivity contribution >= 4 is 28.3 Å². The predicted octanol–water partition coefficient (Wildman–Crippen LogP) is 4.32. The van der Waals surface area contributed by atoms with Gasteiger partial charge in [-0.2, -0.15) is 0 Å². The molecule has 1 aromatic heterocycles. The third kappa shape index (κ3) is 7.27. The zero-order chi connectivity index (χ0) is 20.3. The van der Waals surface area contributed by atoms with Gasteiger partial charge in [0, 0.05) is 31.8 Å². The lowest BCUT2D eigenvalue weighted by molar-refractivity contribution is -0.114. The molecule has 0 spiro atoms. The lowest BCUT2D eigenvalue weighted by Gasteiger charge is -2.12. The molecular weight excluding hydrogens is 330 g/mol. The maximum Gasteiger partial charge on any atom is 0.221 e. The van der Waals surface area contributed by atoms with Crippen LogP contribution >= 0.6 is 0 Å². The number of rotatable bonds is 6. The molecule has 0 aliphatic heterocycles. The Morgan fingerprint density at radius 1 is 1.08 bits per heavy atom. The van der Waals surface area contributed by atoms with Crippen LogP contribution in [0.2, 0.25) is 0 Å². The quantitative estimate of drug-likeness (QED) is 0.750. The van der Waals surface area contributed by atoms with Gasteiger partial charge in [0.2, 0.25) is 5.91 Å². The van der Waals surface area contributed by atoms with Crippen molar-refractivity contribution in [2.24, 2.45) is 0 Å². The van der Waals surface area contributed by atoms with Crippen LogP contribution in [0.1, 0.15) is 52.0 Å². The minimum atomic E-state index is -0.175. The molecule has 2 N–H and O–H groups in total. The van der Waals surface area contributed by atoms with Crippen molar-refractivity contribution in [1.29, 1.82) is 0 Å². The van der Waals surface area contributed by atoms with E-state index in [4.69, 9.17) is 4.74 Å². The van der Waals surface area contributed by atoms with E-state index in [2.05, 4.69) is 10.3 Å². The van der Waals surface area contributed by atoms with Crippen molar-refractivity contribution in [3.63, 3.8) is 0 Å². The molecule has 26 heavy (non-hydrogen) atoms. The van der Waals surface area contributed by atoms with Crippen molar-refractivity contribution in [3.05, 3.63) is 23.9 Å². The molecule has 0 saturated carbocycles. The summed E-state index contributed by atoms with van der Waals surface area (Å²) >= 11 is 0. The van der Waals surface area contributed by atoms with Crippen LogP contribution in [0.5, 0.6) is 5.75 Å². The van der Waals surface area contributed by atoms with Gasteiger partial charge in [0.15, 0.2) is 5.78 Å². The molecule has 1 heterocycles. The molecule has 1 aromatic carbocycles. The number of fused-ring (bicyclic) bond motifs is 1. The summed E-state index contributed by atoms with van der Waals surface area (Å²) in [6.45, 7) is 12.3. The number of aromatic amines is 1. The Morgan fingerprint density at radius 2 is 1.69 bits per heavy atom. The number of ketones is 1. The van der Waals surface area contributed by atoms with E-state index in [1.807, 2.05) is 52.8 Å². The van der Waals surface area contributed by atoms with E-state index in [1.165, 1.54) is 13.8 Å². The second-order valence-corrected chi connectivity index (χ2v) is 5.51. The number of carbonyl (C=O) groups excluding carboxylic acids is 2. The van der Waals surface area contributed by atoms with Gasteiger partial charge in [-0.1, -0.05) is 27.7 Å². The van der Waals surface area contributed by atoms with E-state index in [9.17, 15) is 9.59 Å². The molecule has 0 fully saturated rings. The van der Waals surface area contributed by atoms with Crippen LogP contribution in [0.25, 0.3) is 10.9 Å². The van der Waals surface area contributed by atoms with Crippen LogP contribution < -0.4 is 10.1 Å². The highest BCUT2D eigenvalue weighted by Crippen LogP contribution is 2.30. The third-order valence-electron chi connectivity index (χ3n) is 3.20. The highest BCUT2D eigenvalue weighted by Gasteiger charge is 2.12. The predicted molar refractivity (Wildman–Crippen MR) is 109 cm³/mol. The third-order valence-corrected chi connectivity index (χ3v) is 3.20. The molecule has 0 radical (unpaired) electrons. The molecular formula is C20H33N3O3. The lowest BCUT2D eigenvalue weighted by Crippen LogP contribution is -2.19. The van der Waals surface area contributed by atoms with E-state index in [0.717, 1.165) is 17.4 Å². The Kier molecular flexibility index (Phi) is 11.0. The van der Waals surface area contributed by atoms with Gasteiger partial charge >= 0.3 is 0 Å². The van der Waals surface area contributed by atoms with Crippen LogP contribution in [0.4, 0.5) is 5.69 Å². The molecule has 0 saturated heterocycles. The minimum Gasteiger partial charge on any atom is -0.492 e. The number of nitrogens with zero attached hydrogens (tertiary/aromatic N) is 1. The maximum absolute atomic E-state index is 11.5. The molecule has 0 aliphatic rings. The number of carbonyl (C=O) groups is 2. The average Bonchev–Trinajstić information content (AvgIpc) is 3.02. The molecule has 6 nitrogen and oxygen atoms in total. The van der Waals surface area contributed by atoms with Gasteiger partial charge < -0.3 is 19.9 Å². The van der Waals surface area contributed by atoms with E-state index >= 15 is 0 Å². The van der Waals surface area contributed by atoms with Crippen LogP contribution in [0.3, 0.4) is 0 Å². The molecule has 6 heteroatoms. The number of amides is 1. The topological polar surface area (TPSA) is 74.4 Å². The fourth-order valence-corrected chi connectivity index (χ4v) is 2.12. The normalized spacial score (nSPS) is 9.73. The molecule has 0 bridgehead atoms. The Hall–Kier alpha value is -2.34. The van der Waals surface area contributed by atoms with Gasteiger partial charge in [0.05, 0.1) is 16.9 Å². The van der Waals surface area contributed by atoms with Crippen LogP contribution in [-0.4, -0.2) is 48.8 Å². The first-order valence-electron chi connectivity index (χ1n) is 9.09. The van der Waals surface area contributed by atoms with Gasteiger partial charge in [0.1, 0.15) is 12.4 Å². The summed E-state index contributed by atoms with van der Waals surface area (Å²) in [5.41, 5.74) is 1.84. The molecule has 1 amide bonds. The molecule has 0 unspecified atom stereocenters. The number of likely N-dealkylation sites (N-methyl/N-ethyl adjacent to an activating group) is 1. The van der Waals surface area contributed by atoms with Crippen molar-refractivity contribution in [2.45, 2.75) is 41.5 Å². The standard InChI is InChI=1S/C16H21N3O3.2C2H6/c1-10(20)14-8-12-7-13(22-6-5-19(3)4)9-15(16(12)18-14)17-11(2)21;2*1-2/h7-9,18H,5-6H2,1-4H3,(H,17,21);2*1-2H3. The first kappa shape index (κ1) is 23.7. The Morgan fingerprint density at radius 3 is 2.19 bits per heavy atom. The Balaban J connectivity index is 0.00000146. The largest absolute Gasteiger partial charge is 0.492 e. The number of hydrogen-bond donors (Lipinski definition) is 2. The Bertz CT molecular complexity index is 706. The second kappa shape index (κ2) is 12.1.